The fourth-order valence-corrected chi connectivity index (χ4v) is 2.81. The number of aliphatic hydroxyl groups is 1. The second-order valence-corrected chi connectivity index (χ2v) is 6.78. The molecule has 8 nitrogen and oxygen atoms in total. The number of hydrogen-bond acceptors (Lipinski definition) is 5. The van der Waals surface area contributed by atoms with Gasteiger partial charge in [-0.05, 0) is 25.8 Å². The summed E-state index contributed by atoms with van der Waals surface area (Å²) in [4.78, 5) is 6.78. The summed E-state index contributed by atoms with van der Waals surface area (Å²) in [6, 6.07) is 0. The molecule has 2 heterocycles. The zero-order valence-electron chi connectivity index (χ0n) is 16.1. The van der Waals surface area contributed by atoms with Crippen molar-refractivity contribution in [3.05, 3.63) is 18.0 Å². The van der Waals surface area contributed by atoms with E-state index in [1.165, 1.54) is 5.56 Å². The van der Waals surface area contributed by atoms with Crippen LogP contribution in [0, 0.1) is 0 Å². The summed E-state index contributed by atoms with van der Waals surface area (Å²) in [5.74, 6) is 0.730. The molecule has 1 unspecified atom stereocenters. The van der Waals surface area contributed by atoms with Crippen molar-refractivity contribution >= 4 is 29.9 Å². The van der Waals surface area contributed by atoms with Crippen LogP contribution in [0.15, 0.2) is 17.4 Å². The smallest absolute Gasteiger partial charge is 0.191 e. The molecule has 0 radical (unpaired) electrons. The lowest BCUT2D eigenvalue weighted by Gasteiger charge is -2.33. The maximum Gasteiger partial charge on any atom is 0.191 e. The van der Waals surface area contributed by atoms with E-state index in [2.05, 4.69) is 25.6 Å². The second-order valence-electron chi connectivity index (χ2n) is 6.78. The maximum atomic E-state index is 10.6. The van der Waals surface area contributed by atoms with Crippen LogP contribution in [0.3, 0.4) is 0 Å². The second kappa shape index (κ2) is 11.7. The largest absolute Gasteiger partial charge is 0.387 e. The molecule has 3 N–H and O–H groups in total. The number of aromatic nitrogens is 2. The zero-order valence-corrected chi connectivity index (χ0v) is 18.4. The Morgan fingerprint density at radius 3 is 2.73 bits per heavy atom. The third kappa shape index (κ3) is 8.65. The van der Waals surface area contributed by atoms with Gasteiger partial charge in [-0.25, -0.2) is 0 Å². The molecule has 0 aliphatic carbocycles. The fourth-order valence-electron chi connectivity index (χ4n) is 2.81. The Balaban J connectivity index is 0.00000338. The highest BCUT2D eigenvalue weighted by atomic mass is 127. The average Bonchev–Trinajstić information content (AvgIpc) is 2.98. The van der Waals surface area contributed by atoms with Crippen LogP contribution in [-0.4, -0.2) is 83.8 Å². The van der Waals surface area contributed by atoms with E-state index >= 15 is 0 Å². The van der Waals surface area contributed by atoms with E-state index in [0.717, 1.165) is 51.8 Å². The molecule has 2 rings (SSSR count). The van der Waals surface area contributed by atoms with Crippen molar-refractivity contribution in [2.45, 2.75) is 25.9 Å². The molecule has 1 atom stereocenters. The lowest BCUT2D eigenvalue weighted by Crippen LogP contribution is -2.48. The van der Waals surface area contributed by atoms with Gasteiger partial charge in [0.15, 0.2) is 5.96 Å². The van der Waals surface area contributed by atoms with Gasteiger partial charge in [0.05, 0.1) is 31.6 Å². The van der Waals surface area contributed by atoms with Gasteiger partial charge in [0.25, 0.3) is 0 Å². The Hall–Kier alpha value is -0.910. The predicted octanol–water partition coefficient (Wildman–Crippen LogP) is 0.219. The van der Waals surface area contributed by atoms with Crippen LogP contribution in [0.1, 0.15) is 19.4 Å². The molecule has 0 saturated carbocycles. The highest BCUT2D eigenvalue weighted by molar-refractivity contribution is 14.0. The van der Waals surface area contributed by atoms with Gasteiger partial charge in [-0.3, -0.25) is 14.6 Å². The van der Waals surface area contributed by atoms with Crippen molar-refractivity contribution in [3.63, 3.8) is 0 Å². The predicted molar refractivity (Wildman–Crippen MR) is 114 cm³/mol. The minimum absolute atomic E-state index is 0. The van der Waals surface area contributed by atoms with E-state index in [4.69, 9.17) is 4.74 Å². The fraction of sp³-hybridized carbons (Fsp3) is 0.765. The lowest BCUT2D eigenvalue weighted by molar-refractivity contribution is -0.0179. The van der Waals surface area contributed by atoms with Gasteiger partial charge in [0.1, 0.15) is 0 Å². The van der Waals surface area contributed by atoms with Gasteiger partial charge in [0.2, 0.25) is 0 Å². The molecule has 1 fully saturated rings. The SMILES string of the molecule is CCNC(=NCC(C)(O)CN1CCOCC1)NCCc1cnn(C)c1.I. The first kappa shape index (κ1) is 23.1. The number of hydrogen-bond donors (Lipinski definition) is 3. The summed E-state index contributed by atoms with van der Waals surface area (Å²) < 4.78 is 7.15. The van der Waals surface area contributed by atoms with Crippen molar-refractivity contribution in [3.8, 4) is 0 Å². The standard InChI is InChI=1S/C17H32N6O2.HI/c1-4-18-16(19-6-5-15-11-21-22(3)12-15)20-13-17(2,24)14-23-7-9-25-10-8-23;/h11-12,24H,4-10,13-14H2,1-3H3,(H2,18,19,20);1H. The minimum Gasteiger partial charge on any atom is -0.387 e. The molecule has 26 heavy (non-hydrogen) atoms. The van der Waals surface area contributed by atoms with Crippen LogP contribution in [-0.2, 0) is 18.2 Å². The number of nitrogens with one attached hydrogen (secondary N) is 2. The maximum absolute atomic E-state index is 10.6. The number of halogens is 1. The van der Waals surface area contributed by atoms with Gasteiger partial charge in [-0.1, -0.05) is 0 Å². The average molecular weight is 480 g/mol. The summed E-state index contributed by atoms with van der Waals surface area (Å²) >= 11 is 0. The van der Waals surface area contributed by atoms with E-state index in [1.807, 2.05) is 33.3 Å². The Bertz CT molecular complexity index is 543. The Morgan fingerprint density at radius 1 is 1.38 bits per heavy atom. The highest BCUT2D eigenvalue weighted by Crippen LogP contribution is 2.09. The summed E-state index contributed by atoms with van der Waals surface area (Å²) in [5.41, 5.74) is 0.327. The van der Waals surface area contributed by atoms with E-state index in [1.54, 1.807) is 4.68 Å². The first-order valence-corrected chi connectivity index (χ1v) is 9.01. The first-order valence-electron chi connectivity index (χ1n) is 9.01. The van der Waals surface area contributed by atoms with Gasteiger partial charge in [-0.15, -0.1) is 24.0 Å². The molecular weight excluding hydrogens is 447 g/mol. The normalized spacial score (nSPS) is 18.1. The van der Waals surface area contributed by atoms with Crippen molar-refractivity contribution < 1.29 is 9.84 Å². The van der Waals surface area contributed by atoms with E-state index in [-0.39, 0.29) is 24.0 Å². The number of ether oxygens (including phenoxy) is 1. The number of rotatable bonds is 8. The molecule has 1 aromatic heterocycles. The quantitative estimate of drug-likeness (QED) is 0.281. The van der Waals surface area contributed by atoms with E-state index in [9.17, 15) is 5.11 Å². The summed E-state index contributed by atoms with van der Waals surface area (Å²) in [6.45, 7) is 9.58. The minimum atomic E-state index is -0.858. The highest BCUT2D eigenvalue weighted by Gasteiger charge is 2.25. The topological polar surface area (TPSA) is 86.9 Å². The van der Waals surface area contributed by atoms with Crippen LogP contribution in [0.5, 0.6) is 0 Å². The molecule has 0 amide bonds. The van der Waals surface area contributed by atoms with E-state index < -0.39 is 5.60 Å². The van der Waals surface area contributed by atoms with Crippen LogP contribution in [0.4, 0.5) is 0 Å². The van der Waals surface area contributed by atoms with E-state index in [0.29, 0.717) is 13.1 Å². The molecule has 1 aliphatic heterocycles. The molecule has 1 aromatic rings. The monoisotopic (exact) mass is 480 g/mol. The number of β-amino-alcohol motifs (C(OH)–C–C–N with tert-alkyl or cyclic N) is 1. The Morgan fingerprint density at radius 2 is 2.12 bits per heavy atom. The Labute approximate surface area is 173 Å². The van der Waals surface area contributed by atoms with Gasteiger partial charge in [0, 0.05) is 46.0 Å². The number of nitrogens with zero attached hydrogens (tertiary/aromatic N) is 4. The van der Waals surface area contributed by atoms with Crippen molar-refractivity contribution in [2.24, 2.45) is 12.0 Å². The van der Waals surface area contributed by atoms with Crippen LogP contribution in [0.2, 0.25) is 0 Å². The molecule has 1 saturated heterocycles. The Kier molecular flexibility index (Phi) is 10.4. The number of aryl methyl sites for hydroxylation is 1. The molecular formula is C17H33IN6O2. The van der Waals surface area contributed by atoms with Crippen molar-refractivity contribution in [1.29, 1.82) is 0 Å². The zero-order chi connectivity index (χ0) is 18.1. The molecule has 0 spiro atoms. The summed E-state index contributed by atoms with van der Waals surface area (Å²) in [6.07, 6.45) is 4.76. The molecule has 0 aromatic carbocycles. The van der Waals surface area contributed by atoms with Gasteiger partial charge >= 0.3 is 0 Å². The van der Waals surface area contributed by atoms with Gasteiger partial charge < -0.3 is 20.5 Å². The third-order valence-corrected chi connectivity index (χ3v) is 4.05. The van der Waals surface area contributed by atoms with Crippen LogP contribution >= 0.6 is 24.0 Å². The van der Waals surface area contributed by atoms with Crippen molar-refractivity contribution in [2.75, 3.05) is 52.5 Å². The number of guanidine groups is 1. The molecule has 9 heteroatoms. The van der Waals surface area contributed by atoms with Crippen LogP contribution in [0.25, 0.3) is 0 Å². The van der Waals surface area contributed by atoms with Crippen LogP contribution < -0.4 is 10.6 Å². The first-order chi connectivity index (χ1) is 12.0. The molecule has 1 aliphatic rings. The number of aliphatic imine (C=N–C) groups is 1. The summed E-state index contributed by atoms with van der Waals surface area (Å²) in [7, 11) is 1.92. The lowest BCUT2D eigenvalue weighted by atomic mass is 10.1. The number of morpholine rings is 1. The summed E-state index contributed by atoms with van der Waals surface area (Å²) in [5, 5.41) is 21.3. The van der Waals surface area contributed by atoms with Crippen molar-refractivity contribution in [1.82, 2.24) is 25.3 Å². The molecule has 150 valence electrons. The van der Waals surface area contributed by atoms with Gasteiger partial charge in [-0.2, -0.15) is 5.10 Å². The third-order valence-electron chi connectivity index (χ3n) is 4.05. The molecule has 0 bridgehead atoms.